The third-order valence-corrected chi connectivity index (χ3v) is 3.56. The molecule has 0 spiro atoms. The summed E-state index contributed by atoms with van der Waals surface area (Å²) in [5.74, 6) is 1.27. The smallest absolute Gasteiger partial charge is 0.134 e. The van der Waals surface area contributed by atoms with Crippen molar-refractivity contribution < 1.29 is 9.84 Å². The van der Waals surface area contributed by atoms with Crippen LogP contribution >= 0.6 is 0 Å². The molecule has 1 N–H and O–H groups in total. The highest BCUT2D eigenvalue weighted by atomic mass is 16.5. The monoisotopic (exact) mass is 252 g/mol. The number of ether oxygens (including phenoxy) is 1. The zero-order chi connectivity index (χ0) is 13.4. The molecule has 0 atom stereocenters. The van der Waals surface area contributed by atoms with E-state index in [9.17, 15) is 5.11 Å². The fourth-order valence-corrected chi connectivity index (χ4v) is 2.47. The Kier molecular flexibility index (Phi) is 2.79. The first-order valence-corrected chi connectivity index (χ1v) is 6.39. The van der Waals surface area contributed by atoms with E-state index in [2.05, 4.69) is 19.1 Å². The van der Waals surface area contributed by atoms with Crippen molar-refractivity contribution in [2.45, 2.75) is 13.8 Å². The Morgan fingerprint density at radius 3 is 2.37 bits per heavy atom. The van der Waals surface area contributed by atoms with Gasteiger partial charge < -0.3 is 9.84 Å². The molecule has 0 aliphatic carbocycles. The van der Waals surface area contributed by atoms with Crippen molar-refractivity contribution in [3.05, 3.63) is 64.7 Å². The van der Waals surface area contributed by atoms with Crippen LogP contribution in [-0.4, -0.2) is 11.7 Å². The van der Waals surface area contributed by atoms with E-state index in [1.807, 2.05) is 25.1 Å². The van der Waals surface area contributed by atoms with Gasteiger partial charge in [0.25, 0.3) is 0 Å². The minimum Gasteiger partial charge on any atom is -0.508 e. The van der Waals surface area contributed by atoms with Crippen LogP contribution in [0.15, 0.2) is 42.5 Å². The summed E-state index contributed by atoms with van der Waals surface area (Å²) in [6.07, 6.45) is 0. The lowest BCUT2D eigenvalue weighted by Gasteiger charge is -2.27. The van der Waals surface area contributed by atoms with Gasteiger partial charge in [-0.3, -0.25) is 0 Å². The van der Waals surface area contributed by atoms with E-state index in [1.165, 1.54) is 11.1 Å². The molecule has 0 bridgehead atoms. The van der Waals surface area contributed by atoms with Crippen molar-refractivity contribution in [2.75, 3.05) is 6.61 Å². The molecule has 1 aliphatic rings. The normalized spacial score (nSPS) is 14.0. The average molecular weight is 252 g/mol. The maximum Gasteiger partial charge on any atom is 0.134 e. The van der Waals surface area contributed by atoms with Crippen LogP contribution in [-0.2, 0) is 4.74 Å². The van der Waals surface area contributed by atoms with E-state index in [0.29, 0.717) is 12.4 Å². The molecule has 2 aromatic rings. The predicted octanol–water partition coefficient (Wildman–Crippen LogP) is 3.91. The summed E-state index contributed by atoms with van der Waals surface area (Å²) in [6, 6.07) is 13.7. The number of rotatable bonds is 2. The topological polar surface area (TPSA) is 29.5 Å². The second-order valence-corrected chi connectivity index (χ2v) is 4.91. The first-order chi connectivity index (χ1) is 9.16. The van der Waals surface area contributed by atoms with Crippen LogP contribution in [0.1, 0.15) is 22.3 Å². The zero-order valence-electron chi connectivity index (χ0n) is 11.1. The number of hydrogen-bond donors (Lipinski definition) is 1. The van der Waals surface area contributed by atoms with Gasteiger partial charge >= 0.3 is 0 Å². The molecule has 2 nitrogen and oxygen atoms in total. The molecule has 2 aromatic carbocycles. The number of phenols is 1. The molecule has 1 aliphatic heterocycles. The van der Waals surface area contributed by atoms with Crippen molar-refractivity contribution in [3.8, 4) is 5.75 Å². The van der Waals surface area contributed by atoms with E-state index in [1.54, 1.807) is 12.1 Å². The fraction of sp³-hybridized carbons (Fsp3) is 0.176. The Morgan fingerprint density at radius 1 is 0.947 bits per heavy atom. The first kappa shape index (κ1) is 11.8. The van der Waals surface area contributed by atoms with Crippen molar-refractivity contribution in [1.29, 1.82) is 0 Å². The molecule has 19 heavy (non-hydrogen) atoms. The van der Waals surface area contributed by atoms with E-state index >= 15 is 0 Å². The van der Waals surface area contributed by atoms with Crippen LogP contribution in [0.2, 0.25) is 0 Å². The summed E-state index contributed by atoms with van der Waals surface area (Å²) in [4.78, 5) is 0. The molecule has 0 amide bonds. The quantitative estimate of drug-likeness (QED) is 0.878. The van der Waals surface area contributed by atoms with E-state index < -0.39 is 0 Å². The van der Waals surface area contributed by atoms with Crippen molar-refractivity contribution in [3.63, 3.8) is 0 Å². The molecule has 1 heterocycles. The Bertz CT molecular complexity index is 669. The van der Waals surface area contributed by atoms with Crippen LogP contribution in [0, 0.1) is 13.8 Å². The second-order valence-electron chi connectivity index (χ2n) is 4.91. The highest BCUT2D eigenvalue weighted by molar-refractivity contribution is 5.94. The minimum absolute atomic E-state index is 0.305. The Balaban J connectivity index is 2.11. The lowest BCUT2D eigenvalue weighted by Crippen LogP contribution is -2.13. The van der Waals surface area contributed by atoms with Gasteiger partial charge in [0.1, 0.15) is 18.1 Å². The van der Waals surface area contributed by atoms with Crippen LogP contribution in [0.3, 0.4) is 0 Å². The predicted molar refractivity (Wildman–Crippen MR) is 76.8 cm³/mol. The molecule has 0 unspecified atom stereocenters. The number of hydrogen-bond acceptors (Lipinski definition) is 2. The molecular weight excluding hydrogens is 236 g/mol. The van der Waals surface area contributed by atoms with Gasteiger partial charge in [0.2, 0.25) is 0 Å². The van der Waals surface area contributed by atoms with Crippen molar-refractivity contribution in [1.82, 2.24) is 0 Å². The van der Waals surface area contributed by atoms with Gasteiger partial charge in [0, 0.05) is 11.1 Å². The van der Waals surface area contributed by atoms with Crippen LogP contribution in [0.4, 0.5) is 0 Å². The van der Waals surface area contributed by atoms with Gasteiger partial charge in [-0.1, -0.05) is 30.3 Å². The number of phenolic OH excluding ortho intramolecular Hbond substituents is 1. The molecule has 2 heteroatoms. The summed E-state index contributed by atoms with van der Waals surface area (Å²) >= 11 is 0. The van der Waals surface area contributed by atoms with E-state index in [-0.39, 0.29) is 0 Å². The molecule has 0 saturated carbocycles. The molecular formula is C17H16O2. The van der Waals surface area contributed by atoms with E-state index in [0.717, 1.165) is 22.4 Å². The molecule has 0 aromatic heterocycles. The van der Waals surface area contributed by atoms with Gasteiger partial charge in [0.05, 0.1) is 0 Å². The average Bonchev–Trinajstić information content (AvgIpc) is 2.34. The fourth-order valence-electron chi connectivity index (χ4n) is 2.47. The number of aromatic hydroxyl groups is 1. The minimum atomic E-state index is 0.305. The van der Waals surface area contributed by atoms with Gasteiger partial charge in [-0.25, -0.2) is 0 Å². The van der Waals surface area contributed by atoms with Crippen LogP contribution < -0.4 is 0 Å². The maximum atomic E-state index is 9.49. The summed E-state index contributed by atoms with van der Waals surface area (Å²) in [5, 5.41) is 9.49. The lowest BCUT2D eigenvalue weighted by molar-refractivity contribution is 0.290. The van der Waals surface area contributed by atoms with Gasteiger partial charge in [-0.05, 0) is 42.7 Å². The zero-order valence-corrected chi connectivity index (χ0v) is 11.1. The van der Waals surface area contributed by atoms with Crippen LogP contribution in [0.5, 0.6) is 5.75 Å². The third kappa shape index (κ3) is 1.99. The van der Waals surface area contributed by atoms with Gasteiger partial charge in [-0.2, -0.15) is 0 Å². The lowest BCUT2D eigenvalue weighted by atomic mass is 9.93. The molecule has 3 rings (SSSR count). The second kappa shape index (κ2) is 4.47. The highest BCUT2D eigenvalue weighted by Crippen LogP contribution is 2.38. The van der Waals surface area contributed by atoms with Crippen LogP contribution in [0.25, 0.3) is 11.3 Å². The SMILES string of the molecule is Cc1cc(O)ccc1C1=C(c2ccccc2C)OC1. The summed E-state index contributed by atoms with van der Waals surface area (Å²) in [6.45, 7) is 4.73. The molecule has 0 fully saturated rings. The van der Waals surface area contributed by atoms with Crippen molar-refractivity contribution >= 4 is 11.3 Å². The van der Waals surface area contributed by atoms with Gasteiger partial charge in [0.15, 0.2) is 0 Å². The molecule has 96 valence electrons. The Labute approximate surface area is 113 Å². The Hall–Kier alpha value is -2.22. The number of benzene rings is 2. The largest absolute Gasteiger partial charge is 0.508 e. The third-order valence-electron chi connectivity index (χ3n) is 3.56. The summed E-state index contributed by atoms with van der Waals surface area (Å²) in [5.41, 5.74) is 5.81. The number of aryl methyl sites for hydroxylation is 2. The molecule has 0 radical (unpaired) electrons. The summed E-state index contributed by atoms with van der Waals surface area (Å²) < 4.78 is 5.67. The standard InChI is InChI=1S/C17H16O2/c1-11-5-3-4-6-15(11)17-16(10-19-17)14-8-7-13(18)9-12(14)2/h3-9,18H,10H2,1-2H3. The van der Waals surface area contributed by atoms with E-state index in [4.69, 9.17) is 4.74 Å². The molecule has 0 saturated heterocycles. The maximum absolute atomic E-state index is 9.49. The Morgan fingerprint density at radius 2 is 1.74 bits per heavy atom. The summed E-state index contributed by atoms with van der Waals surface area (Å²) in [7, 11) is 0. The first-order valence-electron chi connectivity index (χ1n) is 6.39. The van der Waals surface area contributed by atoms with Crippen molar-refractivity contribution in [2.24, 2.45) is 0 Å². The van der Waals surface area contributed by atoms with Gasteiger partial charge in [-0.15, -0.1) is 0 Å². The highest BCUT2D eigenvalue weighted by Gasteiger charge is 2.24.